The van der Waals surface area contributed by atoms with Crippen molar-refractivity contribution < 1.29 is 9.18 Å². The molecule has 1 aromatic rings. The molecule has 0 saturated heterocycles. The van der Waals surface area contributed by atoms with Gasteiger partial charge in [0, 0.05) is 18.0 Å². The van der Waals surface area contributed by atoms with E-state index < -0.39 is 0 Å². The molecule has 0 atom stereocenters. The Labute approximate surface area is 108 Å². The van der Waals surface area contributed by atoms with Gasteiger partial charge in [-0.25, -0.2) is 4.39 Å². The van der Waals surface area contributed by atoms with Crippen molar-refractivity contribution in [1.29, 1.82) is 0 Å². The lowest BCUT2D eigenvalue weighted by molar-refractivity contribution is 0.0979. The van der Waals surface area contributed by atoms with Gasteiger partial charge in [-0.1, -0.05) is 13.8 Å². The van der Waals surface area contributed by atoms with E-state index in [9.17, 15) is 9.18 Å². The molecule has 2 nitrogen and oxygen atoms in total. The van der Waals surface area contributed by atoms with E-state index >= 15 is 0 Å². The van der Waals surface area contributed by atoms with Crippen LogP contribution < -0.4 is 5.32 Å². The molecule has 1 aromatic carbocycles. The molecular weight excluding hydrogens is 241 g/mol. The summed E-state index contributed by atoms with van der Waals surface area (Å²) in [7, 11) is 0. The van der Waals surface area contributed by atoms with Crippen LogP contribution in [-0.2, 0) is 0 Å². The fraction of sp³-hybridized carbons (Fsp3) is 0.462. The fourth-order valence-electron chi connectivity index (χ4n) is 1.42. The Bertz CT molecular complexity index is 338. The third-order valence-electron chi connectivity index (χ3n) is 2.30. The molecule has 0 aliphatic heterocycles. The summed E-state index contributed by atoms with van der Waals surface area (Å²) in [5.41, 5.74) is 0.589. The highest BCUT2D eigenvalue weighted by atomic mass is 35.5. The molecule has 0 aromatic heterocycles. The van der Waals surface area contributed by atoms with E-state index in [1.165, 1.54) is 24.3 Å². The van der Waals surface area contributed by atoms with Gasteiger partial charge in [0.2, 0.25) is 0 Å². The second kappa shape index (κ2) is 8.20. The molecule has 0 unspecified atom stereocenters. The molecule has 0 saturated carbocycles. The van der Waals surface area contributed by atoms with Gasteiger partial charge in [0.15, 0.2) is 5.78 Å². The van der Waals surface area contributed by atoms with Crippen LogP contribution in [0.5, 0.6) is 0 Å². The maximum atomic E-state index is 12.6. The standard InChI is InChI=1S/C13H18FNO.ClH/c1-10(2)15-9-3-4-13(16)11-5-7-12(14)8-6-11;/h5-8,10,15H,3-4,9H2,1-2H3;1H. The highest BCUT2D eigenvalue weighted by molar-refractivity contribution is 5.95. The smallest absolute Gasteiger partial charge is 0.162 e. The van der Waals surface area contributed by atoms with Gasteiger partial charge in [0.1, 0.15) is 5.82 Å². The molecule has 0 amide bonds. The predicted octanol–water partition coefficient (Wildman–Crippen LogP) is 3.21. The van der Waals surface area contributed by atoms with Crippen LogP contribution in [0.2, 0.25) is 0 Å². The number of carbonyl (C=O) groups excluding carboxylic acids is 1. The molecule has 1 N–H and O–H groups in total. The van der Waals surface area contributed by atoms with Crippen LogP contribution in [-0.4, -0.2) is 18.4 Å². The quantitative estimate of drug-likeness (QED) is 0.628. The number of hydrogen-bond acceptors (Lipinski definition) is 2. The number of carbonyl (C=O) groups is 1. The minimum Gasteiger partial charge on any atom is -0.315 e. The Morgan fingerprint density at radius 3 is 2.41 bits per heavy atom. The first-order valence-electron chi connectivity index (χ1n) is 5.61. The SMILES string of the molecule is CC(C)NCCCC(=O)c1ccc(F)cc1.Cl. The van der Waals surface area contributed by atoms with Gasteiger partial charge < -0.3 is 5.32 Å². The van der Waals surface area contributed by atoms with Gasteiger partial charge in [-0.15, -0.1) is 12.4 Å². The maximum Gasteiger partial charge on any atom is 0.162 e. The lowest BCUT2D eigenvalue weighted by Crippen LogP contribution is -2.24. The highest BCUT2D eigenvalue weighted by Crippen LogP contribution is 2.06. The molecular formula is C13H19ClFNO. The van der Waals surface area contributed by atoms with Crippen molar-refractivity contribution in [3.63, 3.8) is 0 Å². The molecule has 0 spiro atoms. The van der Waals surface area contributed by atoms with Crippen LogP contribution in [0, 0.1) is 5.82 Å². The van der Waals surface area contributed by atoms with Crippen molar-refractivity contribution in [3.8, 4) is 0 Å². The number of hydrogen-bond donors (Lipinski definition) is 1. The summed E-state index contributed by atoms with van der Waals surface area (Å²) in [6.45, 7) is 4.98. The van der Waals surface area contributed by atoms with Crippen molar-refractivity contribution in [2.45, 2.75) is 32.7 Å². The molecule has 0 heterocycles. The molecule has 1 rings (SSSR count). The van der Waals surface area contributed by atoms with E-state index in [2.05, 4.69) is 19.2 Å². The molecule has 17 heavy (non-hydrogen) atoms. The Kier molecular flexibility index (Phi) is 7.75. The minimum absolute atomic E-state index is 0. The van der Waals surface area contributed by atoms with Crippen molar-refractivity contribution in [3.05, 3.63) is 35.6 Å². The first kappa shape index (κ1) is 16.1. The molecule has 0 aliphatic rings. The summed E-state index contributed by atoms with van der Waals surface area (Å²) in [6.07, 6.45) is 1.32. The second-order valence-corrected chi connectivity index (χ2v) is 4.14. The normalized spacial score (nSPS) is 10.1. The average Bonchev–Trinajstić information content (AvgIpc) is 2.25. The van der Waals surface area contributed by atoms with Crippen molar-refractivity contribution in [2.75, 3.05) is 6.54 Å². The third-order valence-corrected chi connectivity index (χ3v) is 2.30. The molecule has 4 heteroatoms. The molecule has 96 valence electrons. The van der Waals surface area contributed by atoms with Gasteiger partial charge in [-0.2, -0.15) is 0 Å². The van der Waals surface area contributed by atoms with Crippen LogP contribution in [0.25, 0.3) is 0 Å². The van der Waals surface area contributed by atoms with E-state index in [1.54, 1.807) is 0 Å². The zero-order valence-electron chi connectivity index (χ0n) is 10.2. The molecule has 0 fully saturated rings. The van der Waals surface area contributed by atoms with Gasteiger partial charge in [-0.3, -0.25) is 4.79 Å². The van der Waals surface area contributed by atoms with Crippen LogP contribution in [0.1, 0.15) is 37.0 Å². The van der Waals surface area contributed by atoms with Gasteiger partial charge >= 0.3 is 0 Å². The summed E-state index contributed by atoms with van der Waals surface area (Å²) < 4.78 is 12.6. The lowest BCUT2D eigenvalue weighted by Gasteiger charge is -2.07. The topological polar surface area (TPSA) is 29.1 Å². The minimum atomic E-state index is -0.307. The lowest BCUT2D eigenvalue weighted by atomic mass is 10.1. The number of ketones is 1. The molecule has 0 radical (unpaired) electrons. The monoisotopic (exact) mass is 259 g/mol. The van der Waals surface area contributed by atoms with Crippen LogP contribution in [0.15, 0.2) is 24.3 Å². The average molecular weight is 260 g/mol. The first-order valence-corrected chi connectivity index (χ1v) is 5.61. The zero-order valence-corrected chi connectivity index (χ0v) is 11.0. The molecule has 0 bridgehead atoms. The summed E-state index contributed by atoms with van der Waals surface area (Å²) in [5.74, 6) is -0.233. The van der Waals surface area contributed by atoms with Gasteiger partial charge in [0.25, 0.3) is 0 Å². The third kappa shape index (κ3) is 6.39. The maximum absolute atomic E-state index is 12.6. The first-order chi connectivity index (χ1) is 7.59. The van der Waals surface area contributed by atoms with E-state index in [0.717, 1.165) is 13.0 Å². The number of Topliss-reactive ketones (excluding diaryl/α,β-unsaturated/α-hetero) is 1. The summed E-state index contributed by atoms with van der Waals surface area (Å²) in [4.78, 5) is 11.7. The second-order valence-electron chi connectivity index (χ2n) is 4.14. The number of nitrogens with one attached hydrogen (secondary N) is 1. The summed E-state index contributed by atoms with van der Waals surface area (Å²) in [6, 6.07) is 6.15. The van der Waals surface area contributed by atoms with E-state index in [0.29, 0.717) is 18.0 Å². The number of halogens is 2. The van der Waals surface area contributed by atoms with Crippen LogP contribution in [0.3, 0.4) is 0 Å². The Morgan fingerprint density at radius 1 is 1.29 bits per heavy atom. The van der Waals surface area contributed by atoms with E-state index in [1.807, 2.05) is 0 Å². The summed E-state index contributed by atoms with van der Waals surface area (Å²) in [5, 5.41) is 3.25. The molecule has 0 aliphatic carbocycles. The Hall–Kier alpha value is -0.930. The van der Waals surface area contributed by atoms with Crippen LogP contribution >= 0.6 is 12.4 Å². The van der Waals surface area contributed by atoms with Crippen LogP contribution in [0.4, 0.5) is 4.39 Å². The van der Waals surface area contributed by atoms with E-state index in [4.69, 9.17) is 0 Å². The number of rotatable bonds is 6. The highest BCUT2D eigenvalue weighted by Gasteiger charge is 2.05. The van der Waals surface area contributed by atoms with Gasteiger partial charge in [-0.05, 0) is 37.2 Å². The van der Waals surface area contributed by atoms with Crippen molar-refractivity contribution in [2.24, 2.45) is 0 Å². The van der Waals surface area contributed by atoms with Gasteiger partial charge in [0.05, 0.1) is 0 Å². The largest absolute Gasteiger partial charge is 0.315 e. The Balaban J connectivity index is 0.00000256. The van der Waals surface area contributed by atoms with Crippen molar-refractivity contribution >= 4 is 18.2 Å². The Morgan fingerprint density at radius 2 is 1.88 bits per heavy atom. The zero-order chi connectivity index (χ0) is 12.0. The van der Waals surface area contributed by atoms with Crippen molar-refractivity contribution in [1.82, 2.24) is 5.32 Å². The predicted molar refractivity (Wildman–Crippen MR) is 70.4 cm³/mol. The fourth-order valence-corrected chi connectivity index (χ4v) is 1.42. The number of benzene rings is 1. The van der Waals surface area contributed by atoms with E-state index in [-0.39, 0.29) is 24.0 Å². The summed E-state index contributed by atoms with van der Waals surface area (Å²) >= 11 is 0.